The highest BCUT2D eigenvalue weighted by molar-refractivity contribution is 5.81. The maximum absolute atomic E-state index is 12.7. The van der Waals surface area contributed by atoms with E-state index < -0.39 is 0 Å². The van der Waals surface area contributed by atoms with Gasteiger partial charge in [-0.2, -0.15) is 0 Å². The number of benzene rings is 3. The molecular formula is C28H31N3O4. The molecule has 0 aromatic heterocycles. The summed E-state index contributed by atoms with van der Waals surface area (Å²) in [6.07, 6.45) is 1.55. The van der Waals surface area contributed by atoms with Gasteiger partial charge in [0.15, 0.2) is 18.1 Å². The predicted molar refractivity (Wildman–Crippen MR) is 136 cm³/mol. The molecule has 1 aliphatic rings. The average molecular weight is 474 g/mol. The van der Waals surface area contributed by atoms with E-state index in [0.29, 0.717) is 24.6 Å². The zero-order valence-corrected chi connectivity index (χ0v) is 20.2. The van der Waals surface area contributed by atoms with Gasteiger partial charge < -0.3 is 19.2 Å². The Hall–Kier alpha value is -3.84. The van der Waals surface area contributed by atoms with E-state index in [0.717, 1.165) is 18.7 Å². The van der Waals surface area contributed by atoms with E-state index in [2.05, 4.69) is 58.6 Å². The van der Waals surface area contributed by atoms with E-state index in [1.54, 1.807) is 32.6 Å². The van der Waals surface area contributed by atoms with Crippen LogP contribution in [0.1, 0.15) is 22.7 Å². The third-order valence-corrected chi connectivity index (χ3v) is 6.13. The number of amides is 1. The first kappa shape index (κ1) is 24.3. The molecule has 1 saturated heterocycles. The maximum atomic E-state index is 12.7. The van der Waals surface area contributed by atoms with Crippen molar-refractivity contribution in [2.24, 2.45) is 5.16 Å². The number of piperazine rings is 1. The van der Waals surface area contributed by atoms with E-state index in [1.165, 1.54) is 11.1 Å². The highest BCUT2D eigenvalue weighted by Crippen LogP contribution is 2.29. The molecule has 1 heterocycles. The lowest BCUT2D eigenvalue weighted by molar-refractivity contribution is -0.138. The van der Waals surface area contributed by atoms with Crippen molar-refractivity contribution in [2.45, 2.75) is 6.04 Å². The van der Waals surface area contributed by atoms with Crippen LogP contribution in [0.25, 0.3) is 0 Å². The number of oxime groups is 1. The molecule has 0 bridgehead atoms. The average Bonchev–Trinajstić information content (AvgIpc) is 2.92. The first-order valence-electron chi connectivity index (χ1n) is 11.7. The summed E-state index contributed by atoms with van der Waals surface area (Å²) in [6, 6.07) is 26.6. The van der Waals surface area contributed by atoms with Crippen LogP contribution >= 0.6 is 0 Å². The van der Waals surface area contributed by atoms with Gasteiger partial charge in [-0.25, -0.2) is 0 Å². The van der Waals surface area contributed by atoms with Crippen molar-refractivity contribution in [3.05, 3.63) is 95.6 Å². The van der Waals surface area contributed by atoms with Crippen molar-refractivity contribution >= 4 is 12.1 Å². The van der Waals surface area contributed by atoms with Crippen LogP contribution in [0.3, 0.4) is 0 Å². The van der Waals surface area contributed by atoms with E-state index in [4.69, 9.17) is 14.3 Å². The highest BCUT2D eigenvalue weighted by atomic mass is 16.6. The first-order chi connectivity index (χ1) is 17.2. The topological polar surface area (TPSA) is 63.6 Å². The Balaban J connectivity index is 1.31. The van der Waals surface area contributed by atoms with E-state index in [9.17, 15) is 4.79 Å². The van der Waals surface area contributed by atoms with E-state index >= 15 is 0 Å². The summed E-state index contributed by atoms with van der Waals surface area (Å²) in [5.41, 5.74) is 3.30. The second-order valence-electron chi connectivity index (χ2n) is 8.26. The number of ether oxygens (including phenoxy) is 2. The summed E-state index contributed by atoms with van der Waals surface area (Å²) in [5.74, 6) is 1.18. The number of carbonyl (C=O) groups excluding carboxylic acids is 1. The fraction of sp³-hybridized carbons (Fsp3) is 0.286. The normalized spacial score (nSPS) is 14.3. The number of hydrogen-bond donors (Lipinski definition) is 0. The molecule has 35 heavy (non-hydrogen) atoms. The monoisotopic (exact) mass is 473 g/mol. The summed E-state index contributed by atoms with van der Waals surface area (Å²) < 4.78 is 10.5. The summed E-state index contributed by atoms with van der Waals surface area (Å²) >= 11 is 0. The molecule has 7 heteroatoms. The van der Waals surface area contributed by atoms with Gasteiger partial charge in [-0.05, 0) is 29.3 Å². The quantitative estimate of drug-likeness (QED) is 0.347. The van der Waals surface area contributed by atoms with Gasteiger partial charge in [-0.15, -0.1) is 0 Å². The second kappa shape index (κ2) is 12.0. The molecule has 7 nitrogen and oxygen atoms in total. The van der Waals surface area contributed by atoms with Crippen molar-refractivity contribution in [3.8, 4) is 11.5 Å². The summed E-state index contributed by atoms with van der Waals surface area (Å²) in [4.78, 5) is 22.2. The van der Waals surface area contributed by atoms with Crippen molar-refractivity contribution in [3.63, 3.8) is 0 Å². The van der Waals surface area contributed by atoms with Gasteiger partial charge >= 0.3 is 0 Å². The Kier molecular flexibility index (Phi) is 8.35. The minimum Gasteiger partial charge on any atom is -0.493 e. The number of rotatable bonds is 9. The largest absolute Gasteiger partial charge is 0.493 e. The Morgan fingerprint density at radius 3 is 2.03 bits per heavy atom. The van der Waals surface area contributed by atoms with E-state index in [1.807, 2.05) is 23.1 Å². The lowest BCUT2D eigenvalue weighted by Crippen LogP contribution is -2.50. The minimum atomic E-state index is -0.0927. The molecule has 3 aromatic carbocycles. The Bertz CT molecular complexity index is 1070. The molecule has 182 valence electrons. The molecule has 0 atom stereocenters. The highest BCUT2D eigenvalue weighted by Gasteiger charge is 2.28. The summed E-state index contributed by atoms with van der Waals surface area (Å²) in [6.45, 7) is 2.78. The molecule has 4 rings (SSSR count). The van der Waals surface area contributed by atoms with Gasteiger partial charge in [0.2, 0.25) is 0 Å². The van der Waals surface area contributed by atoms with Crippen molar-refractivity contribution in [1.29, 1.82) is 0 Å². The summed E-state index contributed by atoms with van der Waals surface area (Å²) in [7, 11) is 3.17. The molecule has 0 radical (unpaired) electrons. The molecule has 0 spiro atoms. The molecular weight excluding hydrogens is 442 g/mol. The minimum absolute atomic E-state index is 0.0647. The molecule has 0 aliphatic carbocycles. The van der Waals surface area contributed by atoms with Crippen LogP contribution in [0, 0.1) is 0 Å². The number of carbonyl (C=O) groups is 1. The SMILES string of the molecule is COc1ccc(/C=N/OCC(=O)N2CCN(C(c3ccccc3)c3ccccc3)CC2)cc1OC. The van der Waals surface area contributed by atoms with Crippen molar-refractivity contribution in [1.82, 2.24) is 9.80 Å². The van der Waals surface area contributed by atoms with Crippen LogP contribution in [0.4, 0.5) is 0 Å². The van der Waals surface area contributed by atoms with Crippen molar-refractivity contribution < 1.29 is 19.1 Å². The van der Waals surface area contributed by atoms with Gasteiger partial charge in [0, 0.05) is 31.7 Å². The Morgan fingerprint density at radius 1 is 0.857 bits per heavy atom. The lowest BCUT2D eigenvalue weighted by Gasteiger charge is -2.39. The van der Waals surface area contributed by atoms with Crippen LogP contribution in [0.15, 0.2) is 84.0 Å². The van der Waals surface area contributed by atoms with Gasteiger partial charge in [0.05, 0.1) is 26.5 Å². The molecule has 0 N–H and O–H groups in total. The zero-order valence-electron chi connectivity index (χ0n) is 20.2. The third-order valence-electron chi connectivity index (χ3n) is 6.13. The van der Waals surface area contributed by atoms with Gasteiger partial charge in [-0.3, -0.25) is 9.69 Å². The van der Waals surface area contributed by atoms with E-state index in [-0.39, 0.29) is 18.6 Å². The molecule has 3 aromatic rings. The smallest absolute Gasteiger partial charge is 0.263 e. The van der Waals surface area contributed by atoms with Crippen molar-refractivity contribution in [2.75, 3.05) is 47.0 Å². The molecule has 0 saturated carbocycles. The molecule has 1 amide bonds. The van der Waals surface area contributed by atoms with Crippen LogP contribution in [-0.4, -0.2) is 68.9 Å². The standard InChI is InChI=1S/C28H31N3O4/c1-33-25-14-13-22(19-26(25)34-2)20-29-35-21-27(32)30-15-17-31(18-16-30)28(23-9-5-3-6-10-23)24-11-7-4-8-12-24/h3-14,19-20,28H,15-18,21H2,1-2H3/b29-20+. The lowest BCUT2D eigenvalue weighted by atomic mass is 9.96. The summed E-state index contributed by atoms with van der Waals surface area (Å²) in [5, 5.41) is 3.95. The Morgan fingerprint density at radius 2 is 1.46 bits per heavy atom. The molecule has 0 unspecified atom stereocenters. The Labute approximate surface area is 206 Å². The van der Waals surface area contributed by atoms with Gasteiger partial charge in [-0.1, -0.05) is 65.8 Å². The second-order valence-corrected chi connectivity index (χ2v) is 8.26. The first-order valence-corrected chi connectivity index (χ1v) is 11.7. The number of hydrogen-bond acceptors (Lipinski definition) is 6. The molecule has 1 fully saturated rings. The third kappa shape index (κ3) is 6.19. The van der Waals surface area contributed by atoms with Crippen LogP contribution < -0.4 is 9.47 Å². The van der Waals surface area contributed by atoms with Crippen LogP contribution in [0.5, 0.6) is 11.5 Å². The number of methoxy groups -OCH3 is 2. The predicted octanol–water partition coefficient (Wildman–Crippen LogP) is 3.99. The fourth-order valence-corrected chi connectivity index (χ4v) is 4.33. The maximum Gasteiger partial charge on any atom is 0.263 e. The number of nitrogens with zero attached hydrogens (tertiary/aromatic N) is 3. The van der Waals surface area contributed by atoms with Crippen LogP contribution in [-0.2, 0) is 9.63 Å². The fourth-order valence-electron chi connectivity index (χ4n) is 4.33. The zero-order chi connectivity index (χ0) is 24.5. The molecule has 1 aliphatic heterocycles. The van der Waals surface area contributed by atoms with Gasteiger partial charge in [0.25, 0.3) is 5.91 Å². The van der Waals surface area contributed by atoms with Crippen LogP contribution in [0.2, 0.25) is 0 Å². The van der Waals surface area contributed by atoms with Gasteiger partial charge in [0.1, 0.15) is 0 Å².